The van der Waals surface area contributed by atoms with Crippen molar-refractivity contribution in [2.45, 2.75) is 39.2 Å². The van der Waals surface area contributed by atoms with Crippen molar-refractivity contribution >= 4 is 11.7 Å². The third kappa shape index (κ3) is 3.38. The first-order chi connectivity index (χ1) is 9.89. The topological polar surface area (TPSA) is 52.6 Å². The molecule has 4 nitrogen and oxygen atoms in total. The summed E-state index contributed by atoms with van der Waals surface area (Å²) in [6.45, 7) is 7.27. The summed E-state index contributed by atoms with van der Waals surface area (Å²) >= 11 is 0. The molecule has 0 aliphatic heterocycles. The van der Waals surface area contributed by atoms with Gasteiger partial charge in [-0.25, -0.2) is 0 Å². The molecule has 4 heteroatoms. The van der Waals surface area contributed by atoms with Gasteiger partial charge in [-0.1, -0.05) is 13.0 Å². The molecule has 2 rings (SSSR count). The van der Waals surface area contributed by atoms with Crippen LogP contribution in [0.3, 0.4) is 0 Å². The van der Waals surface area contributed by atoms with E-state index in [-0.39, 0.29) is 5.92 Å². The van der Waals surface area contributed by atoms with Crippen molar-refractivity contribution in [3.8, 4) is 0 Å². The number of nitrogens with zero attached hydrogens (tertiary/aromatic N) is 1. The number of rotatable bonds is 7. The molecular weight excluding hydrogens is 264 g/mol. The third-order valence-corrected chi connectivity index (χ3v) is 4.28. The molecule has 0 bridgehead atoms. The zero-order valence-corrected chi connectivity index (χ0v) is 13.4. The van der Waals surface area contributed by atoms with Crippen molar-refractivity contribution < 1.29 is 9.90 Å². The van der Waals surface area contributed by atoms with Crippen molar-refractivity contribution in [3.63, 3.8) is 0 Å². The van der Waals surface area contributed by atoms with Crippen molar-refractivity contribution in [2.75, 3.05) is 25.0 Å². The van der Waals surface area contributed by atoms with Gasteiger partial charge in [-0.3, -0.25) is 4.79 Å². The summed E-state index contributed by atoms with van der Waals surface area (Å²) in [5.41, 5.74) is 2.65. The van der Waals surface area contributed by atoms with Gasteiger partial charge in [-0.05, 0) is 62.4 Å². The lowest BCUT2D eigenvalue weighted by atomic mass is 9.92. The van der Waals surface area contributed by atoms with Crippen molar-refractivity contribution in [2.24, 2.45) is 5.92 Å². The van der Waals surface area contributed by atoms with Crippen molar-refractivity contribution in [1.29, 1.82) is 0 Å². The van der Waals surface area contributed by atoms with Crippen LogP contribution in [0.25, 0.3) is 0 Å². The van der Waals surface area contributed by atoms with E-state index < -0.39 is 11.5 Å². The Morgan fingerprint density at radius 2 is 1.90 bits per heavy atom. The average molecular weight is 290 g/mol. The SMILES string of the molecule is CCNC(CN(C)c1cc(C)cc(C)c1)(C(=O)O)C1CC1. The number of hydrogen-bond acceptors (Lipinski definition) is 3. The maximum Gasteiger partial charge on any atom is 0.326 e. The number of carboxylic acids is 1. The van der Waals surface area contributed by atoms with E-state index in [2.05, 4.69) is 42.3 Å². The molecule has 1 unspecified atom stereocenters. The Morgan fingerprint density at radius 3 is 2.33 bits per heavy atom. The van der Waals surface area contributed by atoms with Gasteiger partial charge < -0.3 is 15.3 Å². The van der Waals surface area contributed by atoms with Gasteiger partial charge in [0, 0.05) is 19.3 Å². The minimum atomic E-state index is -0.832. The molecule has 0 spiro atoms. The van der Waals surface area contributed by atoms with Crippen LogP contribution in [-0.2, 0) is 4.79 Å². The van der Waals surface area contributed by atoms with Gasteiger partial charge in [-0.2, -0.15) is 0 Å². The number of carbonyl (C=O) groups is 1. The van der Waals surface area contributed by atoms with Crippen molar-refractivity contribution in [3.05, 3.63) is 29.3 Å². The minimum Gasteiger partial charge on any atom is -0.480 e. The number of aliphatic carboxylic acids is 1. The summed E-state index contributed by atoms with van der Waals surface area (Å²) in [6.07, 6.45) is 2.00. The molecule has 0 heterocycles. The normalized spacial score (nSPS) is 17.3. The van der Waals surface area contributed by atoms with E-state index in [9.17, 15) is 9.90 Å². The van der Waals surface area contributed by atoms with Gasteiger partial charge in [0.1, 0.15) is 5.54 Å². The smallest absolute Gasteiger partial charge is 0.326 e. The zero-order valence-electron chi connectivity index (χ0n) is 13.4. The van der Waals surface area contributed by atoms with Crippen LogP contribution in [0.4, 0.5) is 5.69 Å². The lowest BCUT2D eigenvalue weighted by Crippen LogP contribution is -2.60. The van der Waals surface area contributed by atoms with Crippen LogP contribution in [0.15, 0.2) is 18.2 Å². The second-order valence-corrected chi connectivity index (χ2v) is 6.28. The Bertz CT molecular complexity index is 505. The van der Waals surface area contributed by atoms with Gasteiger partial charge in [-0.15, -0.1) is 0 Å². The van der Waals surface area contributed by atoms with Crippen LogP contribution >= 0.6 is 0 Å². The van der Waals surface area contributed by atoms with Gasteiger partial charge in [0.25, 0.3) is 0 Å². The fourth-order valence-corrected chi connectivity index (χ4v) is 3.18. The molecular formula is C17H26N2O2. The molecule has 0 radical (unpaired) electrons. The number of nitrogens with one attached hydrogen (secondary N) is 1. The maximum atomic E-state index is 11.9. The molecule has 1 atom stereocenters. The van der Waals surface area contributed by atoms with Crippen LogP contribution in [0, 0.1) is 19.8 Å². The predicted molar refractivity (Wildman–Crippen MR) is 86.0 cm³/mol. The zero-order chi connectivity index (χ0) is 15.6. The van der Waals surface area contributed by atoms with E-state index in [4.69, 9.17) is 0 Å². The molecule has 1 aromatic rings. The summed E-state index contributed by atoms with van der Waals surface area (Å²) in [7, 11) is 1.98. The molecule has 0 amide bonds. The van der Waals surface area contributed by atoms with Crippen LogP contribution < -0.4 is 10.2 Å². The first kappa shape index (κ1) is 15.8. The van der Waals surface area contributed by atoms with Crippen LogP contribution in [0.5, 0.6) is 0 Å². The third-order valence-electron chi connectivity index (χ3n) is 4.28. The number of hydrogen-bond donors (Lipinski definition) is 2. The Kier molecular flexibility index (Phi) is 4.57. The minimum absolute atomic E-state index is 0.239. The van der Waals surface area contributed by atoms with Gasteiger partial charge in [0.15, 0.2) is 0 Å². The van der Waals surface area contributed by atoms with E-state index in [1.54, 1.807) is 0 Å². The Labute approximate surface area is 127 Å². The number of carboxylic acid groups (broad SMARTS) is 1. The first-order valence-electron chi connectivity index (χ1n) is 7.67. The summed E-state index contributed by atoms with van der Waals surface area (Å²) in [6, 6.07) is 6.35. The highest BCUT2D eigenvalue weighted by atomic mass is 16.4. The number of anilines is 1. The Balaban J connectivity index is 2.25. The van der Waals surface area contributed by atoms with Crippen LogP contribution in [0.2, 0.25) is 0 Å². The Hall–Kier alpha value is -1.55. The highest BCUT2D eigenvalue weighted by Gasteiger charge is 2.51. The lowest BCUT2D eigenvalue weighted by molar-refractivity contribution is -0.145. The standard InChI is InChI=1S/C17H26N2O2/c1-5-18-17(16(20)21,14-6-7-14)11-19(4)15-9-12(2)8-13(3)10-15/h8-10,14,18H,5-7,11H2,1-4H3,(H,20,21). The fraction of sp³-hybridized carbons (Fsp3) is 0.588. The number of likely N-dealkylation sites (N-methyl/N-ethyl adjacent to an activating group) is 2. The molecule has 0 saturated heterocycles. The molecule has 2 N–H and O–H groups in total. The van der Waals surface area contributed by atoms with E-state index in [1.165, 1.54) is 11.1 Å². The molecule has 1 aliphatic rings. The quantitative estimate of drug-likeness (QED) is 0.810. The highest BCUT2D eigenvalue weighted by molar-refractivity contribution is 5.81. The molecule has 1 aliphatic carbocycles. The number of aryl methyl sites for hydroxylation is 2. The Morgan fingerprint density at radius 1 is 1.33 bits per heavy atom. The molecule has 116 valence electrons. The fourth-order valence-electron chi connectivity index (χ4n) is 3.18. The highest BCUT2D eigenvalue weighted by Crippen LogP contribution is 2.41. The molecule has 1 fully saturated rings. The molecule has 1 saturated carbocycles. The average Bonchev–Trinajstić information content (AvgIpc) is 3.21. The van der Waals surface area contributed by atoms with Crippen LogP contribution in [0.1, 0.15) is 30.9 Å². The monoisotopic (exact) mass is 290 g/mol. The molecule has 1 aromatic carbocycles. The second kappa shape index (κ2) is 6.06. The second-order valence-electron chi connectivity index (χ2n) is 6.28. The van der Waals surface area contributed by atoms with E-state index in [1.807, 2.05) is 14.0 Å². The van der Waals surface area contributed by atoms with E-state index in [0.29, 0.717) is 13.1 Å². The first-order valence-corrected chi connectivity index (χ1v) is 7.67. The summed E-state index contributed by atoms with van der Waals surface area (Å²) < 4.78 is 0. The van der Waals surface area contributed by atoms with Gasteiger partial charge in [0.2, 0.25) is 0 Å². The van der Waals surface area contributed by atoms with E-state index in [0.717, 1.165) is 18.5 Å². The van der Waals surface area contributed by atoms with Crippen molar-refractivity contribution in [1.82, 2.24) is 5.32 Å². The molecule has 21 heavy (non-hydrogen) atoms. The van der Waals surface area contributed by atoms with Crippen LogP contribution in [-0.4, -0.2) is 36.8 Å². The summed E-state index contributed by atoms with van der Waals surface area (Å²) in [5, 5.41) is 13.0. The van der Waals surface area contributed by atoms with Gasteiger partial charge >= 0.3 is 5.97 Å². The maximum absolute atomic E-state index is 11.9. The lowest BCUT2D eigenvalue weighted by Gasteiger charge is -2.35. The molecule has 0 aromatic heterocycles. The van der Waals surface area contributed by atoms with Gasteiger partial charge in [0.05, 0.1) is 0 Å². The number of benzene rings is 1. The summed E-state index contributed by atoms with van der Waals surface area (Å²) in [4.78, 5) is 14.0. The van der Waals surface area contributed by atoms with E-state index >= 15 is 0 Å². The summed E-state index contributed by atoms with van der Waals surface area (Å²) in [5.74, 6) is -0.494. The largest absolute Gasteiger partial charge is 0.480 e. The predicted octanol–water partition coefficient (Wildman–Crippen LogP) is 2.58.